The van der Waals surface area contributed by atoms with Crippen LogP contribution in [-0.2, 0) is 11.2 Å². The molecule has 0 aliphatic heterocycles. The minimum atomic E-state index is 0.553. The summed E-state index contributed by atoms with van der Waals surface area (Å²) in [6.07, 6.45) is 7.07. The highest BCUT2D eigenvalue weighted by Gasteiger charge is 2.34. The summed E-state index contributed by atoms with van der Waals surface area (Å²) in [6, 6.07) is 6.62. The third-order valence-corrected chi connectivity index (χ3v) is 5.02. The molecule has 2 aliphatic rings. The van der Waals surface area contributed by atoms with Crippen molar-refractivity contribution in [3.05, 3.63) is 41.6 Å². The van der Waals surface area contributed by atoms with Gasteiger partial charge in [0.2, 0.25) is 0 Å². The Labute approximate surface area is 125 Å². The van der Waals surface area contributed by atoms with Gasteiger partial charge in [0.05, 0.1) is 0 Å². The Hall–Kier alpha value is -1.87. The van der Waals surface area contributed by atoms with Gasteiger partial charge in [-0.3, -0.25) is 0 Å². The van der Waals surface area contributed by atoms with E-state index in [0.717, 1.165) is 12.5 Å². The van der Waals surface area contributed by atoms with Gasteiger partial charge >= 0.3 is 0 Å². The number of hydrogen-bond acceptors (Lipinski definition) is 2. The maximum absolute atomic E-state index is 8.00. The second kappa shape index (κ2) is 5.49. The van der Waals surface area contributed by atoms with Crippen molar-refractivity contribution in [1.29, 1.82) is 0 Å². The molecule has 0 saturated carbocycles. The smallest absolute Gasteiger partial charge is 0.106 e. The number of carbonyl (C=O) groups excluding carboxylic acids is 1. The molecule has 2 aromatic rings. The largest absolute Gasteiger partial charge is 0.361 e. The fourth-order valence-corrected chi connectivity index (χ4v) is 4.05. The van der Waals surface area contributed by atoms with Crippen molar-refractivity contribution in [2.45, 2.75) is 19.8 Å². The summed E-state index contributed by atoms with van der Waals surface area (Å²) in [7, 11) is 0. The summed E-state index contributed by atoms with van der Waals surface area (Å²) in [6.45, 7) is 5.16. The molecule has 0 bridgehead atoms. The van der Waals surface area contributed by atoms with Crippen LogP contribution in [0.3, 0.4) is 0 Å². The molecule has 3 unspecified atom stereocenters. The van der Waals surface area contributed by atoms with Crippen LogP contribution < -0.4 is 5.73 Å². The number of aromatic nitrogens is 1. The summed E-state index contributed by atoms with van der Waals surface area (Å²) in [5.74, 6) is 1.96. The highest BCUT2D eigenvalue weighted by atomic mass is 16.1. The summed E-state index contributed by atoms with van der Waals surface area (Å²) in [5, 5.41) is 1.44. The fourth-order valence-electron chi connectivity index (χ4n) is 4.05. The molecule has 1 aromatic heterocycles. The molecule has 0 fully saturated rings. The van der Waals surface area contributed by atoms with Crippen LogP contribution in [0.5, 0.6) is 0 Å². The van der Waals surface area contributed by atoms with Crippen LogP contribution in [0.15, 0.2) is 30.5 Å². The zero-order chi connectivity index (χ0) is 15.0. The van der Waals surface area contributed by atoms with E-state index in [1.54, 1.807) is 5.57 Å². The molecular formula is C18H22N2O. The maximum atomic E-state index is 8.00. The molecule has 1 heterocycles. The lowest BCUT2D eigenvalue weighted by Crippen LogP contribution is -2.29. The van der Waals surface area contributed by atoms with Gasteiger partial charge in [-0.05, 0) is 59.9 Å². The lowest BCUT2D eigenvalue weighted by molar-refractivity contribution is -0.0979. The van der Waals surface area contributed by atoms with Gasteiger partial charge < -0.3 is 15.5 Å². The van der Waals surface area contributed by atoms with Crippen molar-refractivity contribution in [3.63, 3.8) is 0 Å². The fraction of sp³-hybridized carbons (Fsp3) is 0.389. The maximum Gasteiger partial charge on any atom is 0.106 e. The van der Waals surface area contributed by atoms with E-state index < -0.39 is 0 Å². The summed E-state index contributed by atoms with van der Waals surface area (Å²) < 4.78 is 0. The van der Waals surface area contributed by atoms with Crippen LogP contribution in [0.1, 0.15) is 24.5 Å². The van der Waals surface area contributed by atoms with Crippen molar-refractivity contribution in [2.75, 3.05) is 6.54 Å². The normalized spacial score (nSPS) is 26.6. The van der Waals surface area contributed by atoms with Crippen LogP contribution in [-0.4, -0.2) is 18.3 Å². The van der Waals surface area contributed by atoms with Crippen molar-refractivity contribution in [3.8, 4) is 0 Å². The first-order valence-electron chi connectivity index (χ1n) is 7.58. The Morgan fingerprint density at radius 2 is 2.19 bits per heavy atom. The van der Waals surface area contributed by atoms with Crippen LogP contribution in [0.4, 0.5) is 0 Å². The van der Waals surface area contributed by atoms with Crippen molar-refractivity contribution >= 4 is 23.3 Å². The number of rotatable bonds is 1. The molecule has 2 aliphatic carbocycles. The van der Waals surface area contributed by atoms with Crippen LogP contribution >= 0.6 is 0 Å². The van der Waals surface area contributed by atoms with E-state index in [2.05, 4.69) is 42.4 Å². The number of benzene rings is 1. The zero-order valence-electron chi connectivity index (χ0n) is 12.4. The van der Waals surface area contributed by atoms with E-state index in [0.29, 0.717) is 11.8 Å². The van der Waals surface area contributed by atoms with Gasteiger partial charge in [0, 0.05) is 17.1 Å². The molecule has 0 spiro atoms. The van der Waals surface area contributed by atoms with Crippen LogP contribution in [0.25, 0.3) is 16.5 Å². The zero-order valence-corrected chi connectivity index (χ0v) is 12.4. The third-order valence-electron chi connectivity index (χ3n) is 5.02. The van der Waals surface area contributed by atoms with E-state index >= 15 is 0 Å². The second-order valence-corrected chi connectivity index (χ2v) is 6.18. The number of nitrogens with two attached hydrogens (primary N) is 1. The molecule has 3 atom stereocenters. The molecular weight excluding hydrogens is 260 g/mol. The standard InChI is InChI=1S/C17H20N2.CH2O/c1-10-5-11(8-18)6-15-13-3-2-4-16-17(13)12(9-19-16)7-14(10)15;1-2/h2-4,6,9-11,14,19H,5,7-8,18H2,1H3;1H2. The van der Waals surface area contributed by atoms with Gasteiger partial charge in [0.1, 0.15) is 6.79 Å². The first-order valence-corrected chi connectivity index (χ1v) is 7.58. The van der Waals surface area contributed by atoms with Crippen LogP contribution in [0, 0.1) is 17.8 Å². The summed E-state index contributed by atoms with van der Waals surface area (Å²) in [5.41, 5.74) is 11.7. The van der Waals surface area contributed by atoms with E-state index in [9.17, 15) is 0 Å². The molecule has 3 N–H and O–H groups in total. The molecule has 4 rings (SSSR count). The number of allylic oxidation sites excluding steroid dienone is 1. The minimum Gasteiger partial charge on any atom is -0.361 e. The summed E-state index contributed by atoms with van der Waals surface area (Å²) >= 11 is 0. The van der Waals surface area contributed by atoms with E-state index in [1.165, 1.54) is 34.9 Å². The van der Waals surface area contributed by atoms with Crippen molar-refractivity contribution < 1.29 is 4.79 Å². The van der Waals surface area contributed by atoms with E-state index in [-0.39, 0.29) is 0 Å². The van der Waals surface area contributed by atoms with Gasteiger partial charge in [-0.25, -0.2) is 0 Å². The lowest BCUT2D eigenvalue weighted by atomic mass is 9.67. The highest BCUT2D eigenvalue weighted by Crippen LogP contribution is 2.46. The predicted octanol–water partition coefficient (Wildman–Crippen LogP) is 3.15. The number of fused-ring (bicyclic) bond motifs is 2. The summed E-state index contributed by atoms with van der Waals surface area (Å²) in [4.78, 5) is 11.4. The minimum absolute atomic E-state index is 0.553. The molecule has 110 valence electrons. The van der Waals surface area contributed by atoms with E-state index in [1.807, 2.05) is 6.79 Å². The van der Waals surface area contributed by atoms with Gasteiger partial charge in [-0.15, -0.1) is 0 Å². The molecule has 3 nitrogen and oxygen atoms in total. The third kappa shape index (κ3) is 2.12. The highest BCUT2D eigenvalue weighted by molar-refractivity contribution is 5.97. The molecule has 0 amide bonds. The van der Waals surface area contributed by atoms with Gasteiger partial charge in [-0.2, -0.15) is 0 Å². The molecule has 1 aromatic carbocycles. The Kier molecular flexibility index (Phi) is 3.68. The molecule has 0 saturated heterocycles. The average molecular weight is 282 g/mol. The number of hydrogen-bond donors (Lipinski definition) is 2. The van der Waals surface area contributed by atoms with Gasteiger partial charge in [0.25, 0.3) is 0 Å². The van der Waals surface area contributed by atoms with Gasteiger partial charge in [0.15, 0.2) is 0 Å². The first-order chi connectivity index (χ1) is 10.3. The lowest BCUT2D eigenvalue weighted by Gasteiger charge is -2.37. The van der Waals surface area contributed by atoms with Crippen LogP contribution in [0.2, 0.25) is 0 Å². The molecule has 21 heavy (non-hydrogen) atoms. The number of carbonyl (C=O) groups is 1. The second-order valence-electron chi connectivity index (χ2n) is 6.18. The first kappa shape index (κ1) is 14.1. The van der Waals surface area contributed by atoms with Gasteiger partial charge in [-0.1, -0.05) is 25.1 Å². The van der Waals surface area contributed by atoms with Crippen molar-refractivity contribution in [2.24, 2.45) is 23.5 Å². The Morgan fingerprint density at radius 1 is 1.38 bits per heavy atom. The predicted molar refractivity (Wildman–Crippen MR) is 86.9 cm³/mol. The quantitative estimate of drug-likeness (QED) is 0.844. The average Bonchev–Trinajstić information content (AvgIpc) is 2.95. The van der Waals surface area contributed by atoms with Crippen molar-refractivity contribution in [1.82, 2.24) is 4.98 Å². The number of nitrogens with one attached hydrogen (secondary N) is 1. The number of H-pyrrole nitrogens is 1. The molecule has 3 heteroatoms. The number of aromatic amines is 1. The SMILES string of the molecule is C=O.CC1CC(CN)C=C2c3cccc4[nH]cc(c34)CC21. The Balaban J connectivity index is 0.000000636. The van der Waals surface area contributed by atoms with E-state index in [4.69, 9.17) is 10.5 Å². The Morgan fingerprint density at radius 3 is 2.95 bits per heavy atom. The Bertz CT molecular complexity index is 686. The monoisotopic (exact) mass is 282 g/mol. The topological polar surface area (TPSA) is 58.9 Å². The molecule has 0 radical (unpaired) electrons.